The molecule has 1 aliphatic carbocycles. The molecule has 0 bridgehead atoms. The van der Waals surface area contributed by atoms with E-state index < -0.39 is 9.05 Å². The van der Waals surface area contributed by atoms with Gasteiger partial charge in [0.1, 0.15) is 0 Å². The smallest absolute Gasteiger partial charge is 0.207 e. The van der Waals surface area contributed by atoms with Crippen LogP contribution in [0.2, 0.25) is 0 Å². The van der Waals surface area contributed by atoms with Gasteiger partial charge in [-0.15, -0.1) is 0 Å². The average molecular weight is 310 g/mol. The molecule has 2 nitrogen and oxygen atoms in total. The van der Waals surface area contributed by atoms with Crippen LogP contribution < -0.4 is 0 Å². The molecule has 0 saturated heterocycles. The maximum absolute atomic E-state index is 11.3. The molecular weight excluding hydrogens is 300 g/mol. The van der Waals surface area contributed by atoms with Crippen LogP contribution >= 0.6 is 26.6 Å². The predicted molar refractivity (Wildman–Crippen MR) is 63.8 cm³/mol. The van der Waals surface area contributed by atoms with Crippen molar-refractivity contribution in [1.82, 2.24) is 0 Å². The molecule has 0 atom stereocenters. The molecule has 0 aromatic heterocycles. The highest BCUT2D eigenvalue weighted by atomic mass is 79.9. The van der Waals surface area contributed by atoms with Crippen molar-refractivity contribution in [2.75, 3.05) is 0 Å². The Hall–Kier alpha value is -0.0600. The molecule has 0 radical (unpaired) electrons. The van der Waals surface area contributed by atoms with Crippen molar-refractivity contribution in [2.24, 2.45) is 0 Å². The Bertz CT molecular complexity index is 496. The third-order valence-electron chi connectivity index (χ3n) is 2.66. The van der Waals surface area contributed by atoms with E-state index in [1.807, 2.05) is 6.07 Å². The summed E-state index contributed by atoms with van der Waals surface area (Å²) in [6.45, 7) is 0. The Labute approximate surface area is 102 Å². The summed E-state index contributed by atoms with van der Waals surface area (Å²) in [6.07, 6.45) is 4.27. The zero-order valence-corrected chi connectivity index (χ0v) is 11.1. The van der Waals surface area contributed by atoms with E-state index in [2.05, 4.69) is 15.9 Å². The first-order chi connectivity index (χ1) is 6.98. The van der Waals surface area contributed by atoms with Crippen molar-refractivity contribution in [1.29, 1.82) is 0 Å². The maximum Gasteiger partial charge on any atom is 0.262 e. The molecule has 0 fully saturated rings. The highest BCUT2D eigenvalue weighted by molar-refractivity contribution is 9.10. The Morgan fingerprint density at radius 1 is 1.13 bits per heavy atom. The first-order valence-electron chi connectivity index (χ1n) is 4.74. The fourth-order valence-corrected chi connectivity index (χ4v) is 4.19. The fourth-order valence-electron chi connectivity index (χ4n) is 1.92. The summed E-state index contributed by atoms with van der Waals surface area (Å²) in [7, 11) is 1.71. The van der Waals surface area contributed by atoms with Gasteiger partial charge in [-0.3, -0.25) is 0 Å². The van der Waals surface area contributed by atoms with Gasteiger partial charge < -0.3 is 0 Å². The van der Waals surface area contributed by atoms with Crippen LogP contribution in [-0.4, -0.2) is 8.42 Å². The molecule has 1 aromatic carbocycles. The Balaban J connectivity index is 2.60. The first-order valence-corrected chi connectivity index (χ1v) is 7.84. The van der Waals surface area contributed by atoms with Crippen LogP contribution in [0.1, 0.15) is 24.0 Å². The molecule has 0 unspecified atom stereocenters. The van der Waals surface area contributed by atoms with E-state index in [1.165, 1.54) is 12.0 Å². The molecule has 0 amide bonds. The van der Waals surface area contributed by atoms with Crippen molar-refractivity contribution in [3.8, 4) is 0 Å². The SMILES string of the molecule is O=S(=O)(Cl)c1cc2c(cc1Br)CCCC2. The average Bonchev–Trinajstić information content (AvgIpc) is 2.15. The fraction of sp³-hybridized carbons (Fsp3) is 0.400. The Morgan fingerprint density at radius 2 is 1.67 bits per heavy atom. The van der Waals surface area contributed by atoms with Gasteiger partial charge >= 0.3 is 0 Å². The van der Waals surface area contributed by atoms with Crippen molar-refractivity contribution >= 4 is 35.7 Å². The second-order valence-corrected chi connectivity index (χ2v) is 7.08. The lowest BCUT2D eigenvalue weighted by Gasteiger charge is -2.16. The van der Waals surface area contributed by atoms with Gasteiger partial charge in [-0.25, -0.2) is 8.42 Å². The predicted octanol–water partition coefficient (Wildman–Crippen LogP) is 3.26. The summed E-state index contributed by atoms with van der Waals surface area (Å²) in [6, 6.07) is 3.57. The molecule has 82 valence electrons. The van der Waals surface area contributed by atoms with Gasteiger partial charge in [0.05, 0.1) is 4.90 Å². The second-order valence-electron chi connectivity index (χ2n) is 3.70. The third-order valence-corrected chi connectivity index (χ3v) is 4.94. The highest BCUT2D eigenvalue weighted by Gasteiger charge is 2.19. The van der Waals surface area contributed by atoms with Crippen LogP contribution in [0.4, 0.5) is 0 Å². The van der Waals surface area contributed by atoms with E-state index in [4.69, 9.17) is 10.7 Å². The minimum absolute atomic E-state index is 0.185. The number of fused-ring (bicyclic) bond motifs is 1. The van der Waals surface area contributed by atoms with Gasteiger partial charge in [0.25, 0.3) is 9.05 Å². The molecule has 0 aliphatic heterocycles. The van der Waals surface area contributed by atoms with E-state index >= 15 is 0 Å². The molecule has 0 N–H and O–H groups in total. The Kier molecular flexibility index (Phi) is 3.10. The van der Waals surface area contributed by atoms with Gasteiger partial charge in [0, 0.05) is 15.2 Å². The zero-order chi connectivity index (χ0) is 11.1. The molecule has 5 heteroatoms. The molecule has 0 spiro atoms. The van der Waals surface area contributed by atoms with Gasteiger partial charge in [-0.2, -0.15) is 0 Å². The van der Waals surface area contributed by atoms with Gasteiger partial charge in [-0.05, 0) is 64.9 Å². The van der Waals surface area contributed by atoms with E-state index in [0.29, 0.717) is 4.47 Å². The number of rotatable bonds is 1. The molecule has 1 aromatic rings. The van der Waals surface area contributed by atoms with E-state index in [1.54, 1.807) is 6.07 Å². The lowest BCUT2D eigenvalue weighted by atomic mass is 9.92. The number of aryl methyl sites for hydroxylation is 2. The lowest BCUT2D eigenvalue weighted by molar-refractivity contribution is 0.608. The maximum atomic E-state index is 11.3. The normalized spacial score (nSPS) is 16.1. The Morgan fingerprint density at radius 3 is 2.20 bits per heavy atom. The topological polar surface area (TPSA) is 34.1 Å². The van der Waals surface area contributed by atoms with Gasteiger partial charge in [0.2, 0.25) is 0 Å². The molecule has 2 rings (SSSR count). The third kappa shape index (κ3) is 2.37. The summed E-state index contributed by atoms with van der Waals surface area (Å²) >= 11 is 3.25. The standard InChI is InChI=1S/C10H10BrClO2S/c11-9-5-7-3-1-2-4-8(7)6-10(9)15(12,13)14/h5-6H,1-4H2. The van der Waals surface area contributed by atoms with Crippen LogP contribution in [0, 0.1) is 0 Å². The van der Waals surface area contributed by atoms with Crippen LogP contribution in [0.25, 0.3) is 0 Å². The minimum Gasteiger partial charge on any atom is -0.207 e. The van der Waals surface area contributed by atoms with Crippen molar-refractivity contribution in [3.05, 3.63) is 27.7 Å². The monoisotopic (exact) mass is 308 g/mol. The molecule has 0 heterocycles. The summed E-state index contributed by atoms with van der Waals surface area (Å²) in [5.74, 6) is 0. The molecule has 15 heavy (non-hydrogen) atoms. The van der Waals surface area contributed by atoms with Crippen LogP contribution in [0.3, 0.4) is 0 Å². The van der Waals surface area contributed by atoms with E-state index in [-0.39, 0.29) is 4.90 Å². The minimum atomic E-state index is -3.64. The van der Waals surface area contributed by atoms with E-state index in [9.17, 15) is 8.42 Å². The summed E-state index contributed by atoms with van der Waals surface area (Å²) < 4.78 is 23.1. The van der Waals surface area contributed by atoms with Crippen LogP contribution in [-0.2, 0) is 21.9 Å². The van der Waals surface area contributed by atoms with Crippen molar-refractivity contribution in [3.63, 3.8) is 0 Å². The first kappa shape index (κ1) is 11.4. The van der Waals surface area contributed by atoms with Crippen LogP contribution in [0.15, 0.2) is 21.5 Å². The number of hydrogen-bond acceptors (Lipinski definition) is 2. The number of hydrogen-bond donors (Lipinski definition) is 0. The van der Waals surface area contributed by atoms with E-state index in [0.717, 1.165) is 24.8 Å². The zero-order valence-electron chi connectivity index (χ0n) is 7.96. The molecule has 1 aliphatic rings. The number of halogens is 2. The van der Waals surface area contributed by atoms with Crippen LogP contribution in [0.5, 0.6) is 0 Å². The quantitative estimate of drug-likeness (QED) is 0.746. The molecule has 0 saturated carbocycles. The van der Waals surface area contributed by atoms with Gasteiger partial charge in [0.15, 0.2) is 0 Å². The summed E-state index contributed by atoms with van der Waals surface area (Å²) in [5.41, 5.74) is 2.35. The van der Waals surface area contributed by atoms with Gasteiger partial charge in [-0.1, -0.05) is 0 Å². The molecular formula is C10H10BrClO2S. The summed E-state index contributed by atoms with van der Waals surface area (Å²) in [4.78, 5) is 0.185. The highest BCUT2D eigenvalue weighted by Crippen LogP contribution is 2.31. The lowest BCUT2D eigenvalue weighted by Crippen LogP contribution is -2.05. The van der Waals surface area contributed by atoms with Crippen molar-refractivity contribution in [2.45, 2.75) is 30.6 Å². The second kappa shape index (κ2) is 4.07. The van der Waals surface area contributed by atoms with Crippen molar-refractivity contribution < 1.29 is 8.42 Å². The number of benzene rings is 1. The largest absolute Gasteiger partial charge is 0.262 e. The summed E-state index contributed by atoms with van der Waals surface area (Å²) in [5, 5.41) is 0.